The molecule has 1 aliphatic carbocycles. The van der Waals surface area contributed by atoms with E-state index in [4.69, 9.17) is 16.7 Å². The van der Waals surface area contributed by atoms with Crippen LogP contribution in [0.3, 0.4) is 0 Å². The Morgan fingerprint density at radius 2 is 2.11 bits per heavy atom. The molecule has 0 heterocycles. The van der Waals surface area contributed by atoms with Gasteiger partial charge in [0, 0.05) is 16.6 Å². The summed E-state index contributed by atoms with van der Waals surface area (Å²) in [5, 5.41) is 11.6. The predicted molar refractivity (Wildman–Crippen MR) is 67.4 cm³/mol. The van der Waals surface area contributed by atoms with Gasteiger partial charge in [-0.05, 0) is 25.0 Å². The highest BCUT2D eigenvalue weighted by atomic mass is 35.5. The Labute approximate surface area is 114 Å². The summed E-state index contributed by atoms with van der Waals surface area (Å²) in [4.78, 5) is 22.3. The average molecular weight is 286 g/mol. The van der Waals surface area contributed by atoms with E-state index in [1.807, 2.05) is 0 Å². The Hall–Kier alpha value is -1.62. The van der Waals surface area contributed by atoms with Crippen molar-refractivity contribution < 1.29 is 19.1 Å². The second-order valence-corrected chi connectivity index (χ2v) is 5.06. The topological polar surface area (TPSA) is 66.4 Å². The maximum atomic E-state index is 13.5. The molecule has 6 heteroatoms. The molecule has 1 fully saturated rings. The van der Waals surface area contributed by atoms with Crippen LogP contribution in [-0.4, -0.2) is 23.0 Å². The minimum atomic E-state index is -0.845. The van der Waals surface area contributed by atoms with Gasteiger partial charge in [0.05, 0.1) is 12.3 Å². The van der Waals surface area contributed by atoms with Gasteiger partial charge in [-0.3, -0.25) is 9.59 Å². The fourth-order valence-corrected chi connectivity index (χ4v) is 2.31. The fourth-order valence-electron chi connectivity index (χ4n) is 2.08. The molecule has 19 heavy (non-hydrogen) atoms. The molecule has 2 rings (SSSR count). The Kier molecular flexibility index (Phi) is 4.04. The first-order valence-electron chi connectivity index (χ1n) is 5.92. The van der Waals surface area contributed by atoms with Crippen LogP contribution >= 0.6 is 11.6 Å². The largest absolute Gasteiger partial charge is 0.481 e. The van der Waals surface area contributed by atoms with E-state index in [9.17, 15) is 14.0 Å². The zero-order valence-corrected chi connectivity index (χ0v) is 10.8. The molecule has 0 aromatic heterocycles. The number of carbonyl (C=O) groups is 2. The number of carboxylic acid groups (broad SMARTS) is 1. The Bertz CT molecular complexity index is 494. The highest BCUT2D eigenvalue weighted by Crippen LogP contribution is 2.27. The van der Waals surface area contributed by atoms with Crippen molar-refractivity contribution >= 4 is 23.5 Å². The number of carboxylic acids is 1. The highest BCUT2D eigenvalue weighted by Gasteiger charge is 2.35. The first-order chi connectivity index (χ1) is 8.97. The van der Waals surface area contributed by atoms with Crippen molar-refractivity contribution in [2.24, 2.45) is 5.92 Å². The third-order valence-electron chi connectivity index (χ3n) is 3.25. The van der Waals surface area contributed by atoms with Crippen LogP contribution in [-0.2, 0) is 16.0 Å². The minimum absolute atomic E-state index is 0.139. The summed E-state index contributed by atoms with van der Waals surface area (Å²) < 4.78 is 13.5. The highest BCUT2D eigenvalue weighted by molar-refractivity contribution is 6.31. The molecule has 1 aromatic carbocycles. The van der Waals surface area contributed by atoms with Gasteiger partial charge in [-0.2, -0.15) is 0 Å². The van der Waals surface area contributed by atoms with E-state index >= 15 is 0 Å². The molecule has 1 saturated carbocycles. The number of carbonyl (C=O) groups excluding carboxylic acids is 1. The molecule has 0 aliphatic heterocycles. The summed E-state index contributed by atoms with van der Waals surface area (Å²) >= 11 is 5.83. The van der Waals surface area contributed by atoms with Crippen molar-refractivity contribution in [1.29, 1.82) is 0 Å². The number of amides is 1. The molecule has 0 radical (unpaired) electrons. The van der Waals surface area contributed by atoms with Crippen molar-refractivity contribution in [3.05, 3.63) is 34.6 Å². The molecule has 0 spiro atoms. The maximum absolute atomic E-state index is 13.5. The van der Waals surface area contributed by atoms with E-state index in [1.165, 1.54) is 18.2 Å². The van der Waals surface area contributed by atoms with E-state index in [2.05, 4.69) is 5.32 Å². The molecule has 1 aliphatic rings. The van der Waals surface area contributed by atoms with Gasteiger partial charge in [-0.25, -0.2) is 4.39 Å². The standard InChI is InChI=1S/C13H13ClFNO3/c14-10-2-1-3-11(15)9(10)6-12(17)16-8-4-7(5-8)13(18)19/h1-3,7-8H,4-6H2,(H,16,17)(H,18,19). The zero-order valence-electron chi connectivity index (χ0n) is 10.0. The van der Waals surface area contributed by atoms with Gasteiger partial charge in [0.1, 0.15) is 5.82 Å². The second kappa shape index (κ2) is 5.57. The number of halogens is 2. The second-order valence-electron chi connectivity index (χ2n) is 4.65. The van der Waals surface area contributed by atoms with Crippen LogP contribution in [0, 0.1) is 11.7 Å². The van der Waals surface area contributed by atoms with Gasteiger partial charge in [-0.1, -0.05) is 17.7 Å². The summed E-state index contributed by atoms with van der Waals surface area (Å²) in [5.74, 6) is -2.09. The quantitative estimate of drug-likeness (QED) is 0.889. The predicted octanol–water partition coefficient (Wildman–Crippen LogP) is 2.00. The number of nitrogens with one attached hydrogen (secondary N) is 1. The third kappa shape index (κ3) is 3.23. The molecule has 1 amide bonds. The summed E-state index contributed by atoms with van der Waals surface area (Å²) in [6.07, 6.45) is 0.706. The molecule has 0 unspecified atom stereocenters. The number of aliphatic carboxylic acids is 1. The maximum Gasteiger partial charge on any atom is 0.306 e. The lowest BCUT2D eigenvalue weighted by Gasteiger charge is -2.32. The fraction of sp³-hybridized carbons (Fsp3) is 0.385. The number of hydrogen-bond acceptors (Lipinski definition) is 2. The molecule has 0 bridgehead atoms. The van der Waals surface area contributed by atoms with E-state index in [1.54, 1.807) is 0 Å². The minimum Gasteiger partial charge on any atom is -0.481 e. The zero-order chi connectivity index (χ0) is 14.0. The molecule has 0 saturated heterocycles. The van der Waals surface area contributed by atoms with Crippen LogP contribution in [0.25, 0.3) is 0 Å². The van der Waals surface area contributed by atoms with Crippen LogP contribution < -0.4 is 5.32 Å². The average Bonchev–Trinajstić information content (AvgIpc) is 2.27. The molecule has 2 N–H and O–H groups in total. The van der Waals surface area contributed by atoms with Crippen molar-refractivity contribution in [2.45, 2.75) is 25.3 Å². The van der Waals surface area contributed by atoms with Gasteiger partial charge in [0.25, 0.3) is 0 Å². The number of benzene rings is 1. The van der Waals surface area contributed by atoms with E-state index in [-0.39, 0.29) is 34.9 Å². The van der Waals surface area contributed by atoms with E-state index < -0.39 is 11.8 Å². The molecule has 102 valence electrons. The SMILES string of the molecule is O=C(Cc1c(F)cccc1Cl)NC1CC(C(=O)O)C1. The third-order valence-corrected chi connectivity index (χ3v) is 3.61. The van der Waals surface area contributed by atoms with Crippen LogP contribution in [0.5, 0.6) is 0 Å². The van der Waals surface area contributed by atoms with Crippen molar-refractivity contribution in [2.75, 3.05) is 0 Å². The summed E-state index contributed by atoms with van der Waals surface area (Å²) in [5.41, 5.74) is 0.163. The number of rotatable bonds is 4. The van der Waals surface area contributed by atoms with E-state index in [0.29, 0.717) is 12.8 Å². The first kappa shape index (κ1) is 13.8. The molecule has 4 nitrogen and oxygen atoms in total. The summed E-state index contributed by atoms with van der Waals surface area (Å²) in [6.45, 7) is 0. The van der Waals surface area contributed by atoms with Gasteiger partial charge in [0.2, 0.25) is 5.91 Å². The molecular weight excluding hydrogens is 273 g/mol. The molecular formula is C13H13ClFNO3. The lowest BCUT2D eigenvalue weighted by atomic mass is 9.80. The monoisotopic (exact) mass is 285 g/mol. The van der Waals surface area contributed by atoms with Crippen LogP contribution in [0.1, 0.15) is 18.4 Å². The smallest absolute Gasteiger partial charge is 0.306 e. The lowest BCUT2D eigenvalue weighted by Crippen LogP contribution is -2.47. The van der Waals surface area contributed by atoms with Gasteiger partial charge >= 0.3 is 5.97 Å². The van der Waals surface area contributed by atoms with Crippen molar-refractivity contribution in [3.8, 4) is 0 Å². The lowest BCUT2D eigenvalue weighted by molar-refractivity contribution is -0.146. The summed E-state index contributed by atoms with van der Waals surface area (Å²) in [7, 11) is 0. The van der Waals surface area contributed by atoms with Crippen LogP contribution in [0.15, 0.2) is 18.2 Å². The Morgan fingerprint density at radius 1 is 1.42 bits per heavy atom. The van der Waals surface area contributed by atoms with Gasteiger partial charge in [-0.15, -0.1) is 0 Å². The van der Waals surface area contributed by atoms with Gasteiger partial charge < -0.3 is 10.4 Å². The Balaban J connectivity index is 1.87. The normalized spacial score (nSPS) is 21.6. The van der Waals surface area contributed by atoms with Crippen molar-refractivity contribution in [1.82, 2.24) is 5.32 Å². The Morgan fingerprint density at radius 3 is 2.68 bits per heavy atom. The van der Waals surface area contributed by atoms with Gasteiger partial charge in [0.15, 0.2) is 0 Å². The van der Waals surface area contributed by atoms with Crippen LogP contribution in [0.4, 0.5) is 4.39 Å². The summed E-state index contributed by atoms with van der Waals surface area (Å²) in [6, 6.07) is 4.11. The molecule has 1 aromatic rings. The van der Waals surface area contributed by atoms with E-state index in [0.717, 1.165) is 0 Å². The number of hydrogen-bond donors (Lipinski definition) is 2. The molecule has 0 atom stereocenters. The first-order valence-corrected chi connectivity index (χ1v) is 6.30. The van der Waals surface area contributed by atoms with Crippen LogP contribution in [0.2, 0.25) is 5.02 Å². The van der Waals surface area contributed by atoms with Crippen molar-refractivity contribution in [3.63, 3.8) is 0 Å².